The molecule has 1 amide bonds. The van der Waals surface area contributed by atoms with Crippen LogP contribution in [0.2, 0.25) is 0 Å². The number of hydrogen-bond acceptors (Lipinski definition) is 5. The minimum absolute atomic E-state index is 0.0435. The Kier molecular flexibility index (Phi) is 6.54. The molecular weight excluding hydrogens is 361 g/mol. The maximum absolute atomic E-state index is 13.2. The van der Waals surface area contributed by atoms with Crippen molar-refractivity contribution in [3.05, 3.63) is 89.5 Å². The number of carbonyl (C=O) groups excluding carboxylic acids is 1. The SMILES string of the molecule is COc1cc(F)ccc1CONC(=O)c1ccccc1NCc1ccncc1. The molecule has 0 spiro atoms. The maximum atomic E-state index is 13.2. The number of hydrogen-bond donors (Lipinski definition) is 2. The normalized spacial score (nSPS) is 10.4. The molecule has 0 atom stereocenters. The summed E-state index contributed by atoms with van der Waals surface area (Å²) in [5, 5.41) is 3.24. The second-order valence-electron chi connectivity index (χ2n) is 5.93. The van der Waals surface area contributed by atoms with E-state index in [2.05, 4.69) is 15.8 Å². The van der Waals surface area contributed by atoms with E-state index < -0.39 is 5.82 Å². The standard InChI is InChI=1S/C21H20FN3O3/c1-27-20-12-17(22)7-6-16(20)14-28-25-21(26)18-4-2-3-5-19(18)24-13-15-8-10-23-11-9-15/h2-12,24H,13-14H2,1H3,(H,25,26). The van der Waals surface area contributed by atoms with Crippen molar-refractivity contribution < 1.29 is 18.8 Å². The lowest BCUT2D eigenvalue weighted by atomic mass is 10.1. The Morgan fingerprint density at radius 1 is 1.11 bits per heavy atom. The molecule has 0 aliphatic carbocycles. The van der Waals surface area contributed by atoms with E-state index in [0.29, 0.717) is 29.1 Å². The van der Waals surface area contributed by atoms with Crippen LogP contribution in [0.25, 0.3) is 0 Å². The second-order valence-corrected chi connectivity index (χ2v) is 5.93. The fraction of sp³-hybridized carbons (Fsp3) is 0.143. The number of carbonyl (C=O) groups is 1. The van der Waals surface area contributed by atoms with Gasteiger partial charge in [0, 0.05) is 36.3 Å². The molecule has 3 rings (SSSR count). The Hall–Kier alpha value is -3.45. The van der Waals surface area contributed by atoms with Crippen LogP contribution in [0, 0.1) is 5.82 Å². The molecule has 144 valence electrons. The molecular formula is C21H20FN3O3. The van der Waals surface area contributed by atoms with Gasteiger partial charge in [0.25, 0.3) is 5.91 Å². The zero-order valence-corrected chi connectivity index (χ0v) is 15.3. The summed E-state index contributed by atoms with van der Waals surface area (Å²) in [6.45, 7) is 0.599. The van der Waals surface area contributed by atoms with E-state index in [4.69, 9.17) is 9.57 Å². The molecule has 0 aliphatic rings. The number of nitrogens with one attached hydrogen (secondary N) is 2. The third-order valence-corrected chi connectivity index (χ3v) is 4.05. The van der Waals surface area contributed by atoms with E-state index in [-0.39, 0.29) is 12.5 Å². The van der Waals surface area contributed by atoms with E-state index in [0.717, 1.165) is 5.56 Å². The molecule has 0 aliphatic heterocycles. The number of rotatable bonds is 8. The van der Waals surface area contributed by atoms with E-state index in [1.165, 1.54) is 19.2 Å². The number of amides is 1. The van der Waals surface area contributed by atoms with E-state index in [1.54, 1.807) is 30.6 Å². The number of hydroxylamine groups is 1. The number of aromatic nitrogens is 1. The molecule has 1 aromatic heterocycles. The molecule has 0 unspecified atom stereocenters. The summed E-state index contributed by atoms with van der Waals surface area (Å²) in [7, 11) is 1.45. The molecule has 0 radical (unpaired) electrons. The van der Waals surface area contributed by atoms with Crippen LogP contribution in [-0.2, 0) is 18.0 Å². The van der Waals surface area contributed by atoms with Gasteiger partial charge in [-0.1, -0.05) is 12.1 Å². The molecule has 0 saturated carbocycles. The summed E-state index contributed by atoms with van der Waals surface area (Å²) in [4.78, 5) is 21.8. The monoisotopic (exact) mass is 381 g/mol. The summed E-state index contributed by atoms with van der Waals surface area (Å²) < 4.78 is 18.4. The summed E-state index contributed by atoms with van der Waals surface area (Å²) in [5.74, 6) is -0.439. The maximum Gasteiger partial charge on any atom is 0.276 e. The minimum Gasteiger partial charge on any atom is -0.496 e. The molecule has 1 heterocycles. The number of halogens is 1. The third-order valence-electron chi connectivity index (χ3n) is 4.05. The predicted octanol–water partition coefficient (Wildman–Crippen LogP) is 3.70. The van der Waals surface area contributed by atoms with Crippen molar-refractivity contribution in [3.8, 4) is 5.75 Å². The van der Waals surface area contributed by atoms with Crippen molar-refractivity contribution in [2.24, 2.45) is 0 Å². The van der Waals surface area contributed by atoms with Crippen molar-refractivity contribution in [1.29, 1.82) is 0 Å². The van der Waals surface area contributed by atoms with E-state index >= 15 is 0 Å². The Balaban J connectivity index is 1.60. The van der Waals surface area contributed by atoms with Crippen LogP contribution in [0.4, 0.5) is 10.1 Å². The molecule has 2 aromatic carbocycles. The van der Waals surface area contributed by atoms with Crippen LogP contribution in [0.5, 0.6) is 5.75 Å². The topological polar surface area (TPSA) is 72.5 Å². The first-order valence-corrected chi connectivity index (χ1v) is 8.63. The van der Waals surface area contributed by atoms with Crippen LogP contribution in [0.15, 0.2) is 67.0 Å². The molecule has 6 nitrogen and oxygen atoms in total. The average molecular weight is 381 g/mol. The second kappa shape index (κ2) is 9.48. The highest BCUT2D eigenvalue weighted by atomic mass is 19.1. The molecule has 0 saturated heterocycles. The van der Waals surface area contributed by atoms with Crippen molar-refractivity contribution >= 4 is 11.6 Å². The van der Waals surface area contributed by atoms with Gasteiger partial charge in [-0.05, 0) is 42.0 Å². The van der Waals surface area contributed by atoms with Crippen molar-refractivity contribution in [2.45, 2.75) is 13.2 Å². The summed E-state index contributed by atoms with van der Waals surface area (Å²) in [5.41, 5.74) is 5.21. The van der Waals surface area contributed by atoms with Gasteiger partial charge in [0.1, 0.15) is 18.2 Å². The number of anilines is 1. The fourth-order valence-electron chi connectivity index (χ4n) is 2.61. The van der Waals surface area contributed by atoms with Gasteiger partial charge >= 0.3 is 0 Å². The Morgan fingerprint density at radius 3 is 2.68 bits per heavy atom. The van der Waals surface area contributed by atoms with E-state index in [9.17, 15) is 9.18 Å². The lowest BCUT2D eigenvalue weighted by molar-refractivity contribution is 0.0227. The smallest absolute Gasteiger partial charge is 0.276 e. The summed E-state index contributed by atoms with van der Waals surface area (Å²) in [6.07, 6.45) is 3.43. The largest absolute Gasteiger partial charge is 0.496 e. The van der Waals surface area contributed by atoms with Gasteiger partial charge < -0.3 is 10.1 Å². The number of nitrogens with zero attached hydrogens (tertiary/aromatic N) is 1. The quantitative estimate of drug-likeness (QED) is 0.582. The first-order chi connectivity index (χ1) is 13.7. The number of para-hydroxylation sites is 1. The van der Waals surface area contributed by atoms with Crippen molar-refractivity contribution in [2.75, 3.05) is 12.4 Å². The Bertz CT molecular complexity index is 935. The Morgan fingerprint density at radius 2 is 1.89 bits per heavy atom. The van der Waals surface area contributed by atoms with Gasteiger partial charge in [0.15, 0.2) is 0 Å². The van der Waals surface area contributed by atoms with Crippen LogP contribution >= 0.6 is 0 Å². The molecule has 0 bridgehead atoms. The molecule has 0 fully saturated rings. The average Bonchev–Trinajstić information content (AvgIpc) is 2.74. The number of benzene rings is 2. The number of ether oxygens (including phenoxy) is 1. The van der Waals surface area contributed by atoms with Crippen molar-refractivity contribution in [1.82, 2.24) is 10.5 Å². The molecule has 2 N–H and O–H groups in total. The third kappa shape index (κ3) is 5.05. The first-order valence-electron chi connectivity index (χ1n) is 8.63. The highest BCUT2D eigenvalue weighted by Gasteiger charge is 2.12. The molecule has 3 aromatic rings. The van der Waals surface area contributed by atoms with Crippen LogP contribution < -0.4 is 15.5 Å². The zero-order valence-electron chi connectivity index (χ0n) is 15.3. The van der Waals surface area contributed by atoms with Gasteiger partial charge in [-0.15, -0.1) is 0 Å². The molecule has 7 heteroatoms. The minimum atomic E-state index is -0.404. The lowest BCUT2D eigenvalue weighted by Crippen LogP contribution is -2.24. The first kappa shape index (κ1) is 19.3. The van der Waals surface area contributed by atoms with E-state index in [1.807, 2.05) is 24.3 Å². The lowest BCUT2D eigenvalue weighted by Gasteiger charge is -2.13. The number of methoxy groups -OCH3 is 1. The fourth-order valence-corrected chi connectivity index (χ4v) is 2.61. The van der Waals surface area contributed by atoms with Crippen LogP contribution in [0.3, 0.4) is 0 Å². The van der Waals surface area contributed by atoms with Gasteiger partial charge in [0.05, 0.1) is 12.7 Å². The van der Waals surface area contributed by atoms with Gasteiger partial charge in [0.2, 0.25) is 0 Å². The number of pyridine rings is 1. The Labute approximate surface area is 162 Å². The highest BCUT2D eigenvalue weighted by Crippen LogP contribution is 2.20. The summed E-state index contributed by atoms with van der Waals surface area (Å²) in [6, 6.07) is 15.0. The summed E-state index contributed by atoms with van der Waals surface area (Å²) >= 11 is 0. The van der Waals surface area contributed by atoms with Gasteiger partial charge in [-0.25, -0.2) is 9.87 Å². The molecule has 28 heavy (non-hydrogen) atoms. The van der Waals surface area contributed by atoms with Crippen LogP contribution in [0.1, 0.15) is 21.5 Å². The van der Waals surface area contributed by atoms with Gasteiger partial charge in [-0.3, -0.25) is 14.6 Å². The predicted molar refractivity (Wildman–Crippen MR) is 103 cm³/mol. The van der Waals surface area contributed by atoms with Gasteiger partial charge in [-0.2, -0.15) is 0 Å². The highest BCUT2D eigenvalue weighted by molar-refractivity contribution is 5.99. The van der Waals surface area contributed by atoms with Crippen LogP contribution in [-0.4, -0.2) is 18.0 Å². The van der Waals surface area contributed by atoms with Crippen molar-refractivity contribution in [3.63, 3.8) is 0 Å². The zero-order chi connectivity index (χ0) is 19.8.